The number of piperazine rings is 1. The van der Waals surface area contributed by atoms with Crippen molar-refractivity contribution in [3.63, 3.8) is 0 Å². The molecule has 1 atom stereocenters. The summed E-state index contributed by atoms with van der Waals surface area (Å²) in [6, 6.07) is 0. The van der Waals surface area contributed by atoms with Gasteiger partial charge in [-0.05, 0) is 13.3 Å². The third kappa shape index (κ3) is 3.34. The molecular weight excluding hydrogens is 237 g/mol. The molecule has 0 spiro atoms. The molecule has 1 heterocycles. The smallest absolute Gasteiger partial charge is 0.340 e. The Morgan fingerprint density at radius 3 is 2.47 bits per heavy atom. The summed E-state index contributed by atoms with van der Waals surface area (Å²) in [5, 5.41) is 2.51. The minimum absolute atomic E-state index is 0.301. The topological polar surface area (TPSA) is 49.4 Å². The zero-order valence-electron chi connectivity index (χ0n) is 9.73. The molecule has 1 saturated heterocycles. The van der Waals surface area contributed by atoms with E-state index in [9.17, 15) is 22.8 Å². The molecule has 0 saturated carbocycles. The van der Waals surface area contributed by atoms with Crippen molar-refractivity contribution in [1.82, 2.24) is 10.2 Å². The van der Waals surface area contributed by atoms with E-state index < -0.39 is 36.5 Å². The Bertz CT molecular complexity index is 330. The van der Waals surface area contributed by atoms with Gasteiger partial charge in [-0.2, -0.15) is 13.2 Å². The number of rotatable bonds is 3. The van der Waals surface area contributed by atoms with Gasteiger partial charge in [0.05, 0.1) is 13.0 Å². The summed E-state index contributed by atoms with van der Waals surface area (Å²) >= 11 is 0. The van der Waals surface area contributed by atoms with E-state index in [1.165, 1.54) is 6.92 Å². The van der Waals surface area contributed by atoms with E-state index in [0.29, 0.717) is 6.42 Å². The van der Waals surface area contributed by atoms with Crippen molar-refractivity contribution in [3.8, 4) is 0 Å². The number of halogens is 3. The standard InChI is InChI=1S/C10H15F3N2O2/c1-3-9(2)8(17)15(6-7(16)14-9)5-4-10(11,12)13/h3-6H2,1-2H3,(H,14,16). The molecule has 0 bridgehead atoms. The molecule has 1 aliphatic heterocycles. The van der Waals surface area contributed by atoms with Gasteiger partial charge in [-0.25, -0.2) is 0 Å². The predicted octanol–water partition coefficient (Wildman–Crippen LogP) is 1.07. The Balaban J connectivity index is 2.72. The minimum atomic E-state index is -4.32. The van der Waals surface area contributed by atoms with Crippen LogP contribution in [0.2, 0.25) is 0 Å². The van der Waals surface area contributed by atoms with Crippen molar-refractivity contribution >= 4 is 11.8 Å². The Kier molecular flexibility index (Phi) is 3.68. The summed E-state index contributed by atoms with van der Waals surface area (Å²) in [5.41, 5.74) is -1.08. The highest BCUT2D eigenvalue weighted by atomic mass is 19.4. The molecular formula is C10H15F3N2O2. The first-order chi connectivity index (χ1) is 7.68. The van der Waals surface area contributed by atoms with Gasteiger partial charge < -0.3 is 10.2 Å². The van der Waals surface area contributed by atoms with Crippen LogP contribution in [0.25, 0.3) is 0 Å². The second-order valence-electron chi connectivity index (χ2n) is 4.33. The number of carbonyl (C=O) groups is 2. The molecule has 0 aromatic rings. The van der Waals surface area contributed by atoms with Crippen LogP contribution in [0, 0.1) is 0 Å². The molecule has 4 nitrogen and oxygen atoms in total. The average molecular weight is 252 g/mol. The third-order valence-electron chi connectivity index (χ3n) is 2.88. The molecule has 1 rings (SSSR count). The van der Waals surface area contributed by atoms with Crippen molar-refractivity contribution in [2.75, 3.05) is 13.1 Å². The van der Waals surface area contributed by atoms with Gasteiger partial charge in [0.15, 0.2) is 0 Å². The summed E-state index contributed by atoms with van der Waals surface area (Å²) in [4.78, 5) is 24.2. The first kappa shape index (κ1) is 13.8. The van der Waals surface area contributed by atoms with Gasteiger partial charge in [0.2, 0.25) is 11.8 Å². The van der Waals surface area contributed by atoms with Gasteiger partial charge in [0, 0.05) is 6.54 Å². The monoisotopic (exact) mass is 252 g/mol. The summed E-state index contributed by atoms with van der Waals surface area (Å²) in [5.74, 6) is -0.875. The zero-order chi connectivity index (χ0) is 13.3. The number of nitrogens with one attached hydrogen (secondary N) is 1. The average Bonchev–Trinajstić information content (AvgIpc) is 2.20. The zero-order valence-corrected chi connectivity index (χ0v) is 9.73. The fraction of sp³-hybridized carbons (Fsp3) is 0.800. The molecule has 1 unspecified atom stereocenters. The predicted molar refractivity (Wildman–Crippen MR) is 54.1 cm³/mol. The second kappa shape index (κ2) is 4.54. The number of nitrogens with zero attached hydrogens (tertiary/aromatic N) is 1. The number of carbonyl (C=O) groups excluding carboxylic acids is 2. The maximum absolute atomic E-state index is 12.1. The van der Waals surface area contributed by atoms with Crippen LogP contribution in [0.4, 0.5) is 13.2 Å². The Morgan fingerprint density at radius 2 is 2.00 bits per heavy atom. The number of hydrogen-bond donors (Lipinski definition) is 1. The van der Waals surface area contributed by atoms with Crippen molar-refractivity contribution in [2.24, 2.45) is 0 Å². The van der Waals surface area contributed by atoms with Crippen molar-refractivity contribution in [2.45, 2.75) is 38.4 Å². The number of hydrogen-bond acceptors (Lipinski definition) is 2. The third-order valence-corrected chi connectivity index (χ3v) is 2.88. The van der Waals surface area contributed by atoms with E-state index in [0.717, 1.165) is 4.90 Å². The maximum atomic E-state index is 12.1. The van der Waals surface area contributed by atoms with E-state index in [1.54, 1.807) is 6.92 Å². The van der Waals surface area contributed by atoms with Crippen LogP contribution in [0.1, 0.15) is 26.7 Å². The molecule has 2 amide bonds. The lowest BCUT2D eigenvalue weighted by atomic mass is 9.94. The van der Waals surface area contributed by atoms with E-state index in [4.69, 9.17) is 0 Å². The summed E-state index contributed by atoms with van der Waals surface area (Å²) in [7, 11) is 0. The van der Waals surface area contributed by atoms with Gasteiger partial charge >= 0.3 is 6.18 Å². The largest absolute Gasteiger partial charge is 0.390 e. The first-order valence-corrected chi connectivity index (χ1v) is 5.35. The van der Waals surface area contributed by atoms with E-state index in [-0.39, 0.29) is 6.54 Å². The fourth-order valence-corrected chi connectivity index (χ4v) is 1.68. The van der Waals surface area contributed by atoms with Crippen LogP contribution in [0.3, 0.4) is 0 Å². The van der Waals surface area contributed by atoms with Crippen LogP contribution in [-0.2, 0) is 9.59 Å². The fourth-order valence-electron chi connectivity index (χ4n) is 1.68. The van der Waals surface area contributed by atoms with E-state index >= 15 is 0 Å². The van der Waals surface area contributed by atoms with E-state index in [1.807, 2.05) is 0 Å². The molecule has 1 N–H and O–H groups in total. The molecule has 0 radical (unpaired) electrons. The highest BCUT2D eigenvalue weighted by molar-refractivity contribution is 5.97. The summed E-state index contributed by atoms with van der Waals surface area (Å²) < 4.78 is 36.2. The van der Waals surface area contributed by atoms with Gasteiger partial charge in [-0.15, -0.1) is 0 Å². The Hall–Kier alpha value is -1.27. The summed E-state index contributed by atoms with van der Waals surface area (Å²) in [6.07, 6.45) is -5.07. The lowest BCUT2D eigenvalue weighted by Crippen LogP contribution is -2.65. The minimum Gasteiger partial charge on any atom is -0.340 e. The molecule has 17 heavy (non-hydrogen) atoms. The molecule has 0 aromatic heterocycles. The van der Waals surface area contributed by atoms with Gasteiger partial charge in [0.25, 0.3) is 0 Å². The van der Waals surface area contributed by atoms with Crippen LogP contribution in [-0.4, -0.2) is 41.5 Å². The molecule has 1 fully saturated rings. The van der Waals surface area contributed by atoms with Gasteiger partial charge in [0.1, 0.15) is 5.54 Å². The van der Waals surface area contributed by atoms with Crippen molar-refractivity contribution in [3.05, 3.63) is 0 Å². The maximum Gasteiger partial charge on any atom is 0.390 e. The highest BCUT2D eigenvalue weighted by Gasteiger charge is 2.42. The normalized spacial score (nSPS) is 26.1. The number of amides is 2. The lowest BCUT2D eigenvalue weighted by Gasteiger charge is -2.39. The Morgan fingerprint density at radius 1 is 1.41 bits per heavy atom. The molecule has 0 aromatic carbocycles. The van der Waals surface area contributed by atoms with Crippen LogP contribution in [0.5, 0.6) is 0 Å². The lowest BCUT2D eigenvalue weighted by molar-refractivity contribution is -0.157. The highest BCUT2D eigenvalue weighted by Crippen LogP contribution is 2.23. The SMILES string of the molecule is CCC1(C)NC(=O)CN(CCC(F)(F)F)C1=O. The first-order valence-electron chi connectivity index (χ1n) is 5.35. The van der Waals surface area contributed by atoms with Gasteiger partial charge in [-0.3, -0.25) is 9.59 Å². The quantitative estimate of drug-likeness (QED) is 0.816. The van der Waals surface area contributed by atoms with Gasteiger partial charge in [-0.1, -0.05) is 6.92 Å². The Labute approximate surface area is 97.1 Å². The van der Waals surface area contributed by atoms with Crippen molar-refractivity contribution < 1.29 is 22.8 Å². The van der Waals surface area contributed by atoms with Crippen LogP contribution in [0.15, 0.2) is 0 Å². The molecule has 98 valence electrons. The van der Waals surface area contributed by atoms with Crippen molar-refractivity contribution in [1.29, 1.82) is 0 Å². The molecule has 0 aliphatic carbocycles. The summed E-state index contributed by atoms with van der Waals surface area (Å²) in [6.45, 7) is 2.45. The number of alkyl halides is 3. The van der Waals surface area contributed by atoms with Crippen LogP contribution >= 0.6 is 0 Å². The molecule has 7 heteroatoms. The molecule has 1 aliphatic rings. The second-order valence-corrected chi connectivity index (χ2v) is 4.33. The van der Waals surface area contributed by atoms with Crippen LogP contribution < -0.4 is 5.32 Å². The van der Waals surface area contributed by atoms with E-state index in [2.05, 4.69) is 5.32 Å².